The Morgan fingerprint density at radius 3 is 2.07 bits per heavy atom. The zero-order chi connectivity index (χ0) is 22.3. The van der Waals surface area contributed by atoms with Gasteiger partial charge in [-0.15, -0.1) is 0 Å². The summed E-state index contributed by atoms with van der Waals surface area (Å²) in [7, 11) is 1.67. The summed E-state index contributed by atoms with van der Waals surface area (Å²) in [6, 6.07) is 20.4. The molecule has 0 saturated heterocycles. The van der Waals surface area contributed by atoms with E-state index in [0.29, 0.717) is 12.3 Å². The highest BCUT2D eigenvalue weighted by Crippen LogP contribution is 2.27. The molecule has 2 N–H and O–H groups in total. The molecule has 0 bridgehead atoms. The van der Waals surface area contributed by atoms with Gasteiger partial charge in [-0.05, 0) is 58.0 Å². The Labute approximate surface area is 182 Å². The highest BCUT2D eigenvalue weighted by atomic mass is 16.5. The fourth-order valence-corrected chi connectivity index (χ4v) is 3.41. The van der Waals surface area contributed by atoms with Crippen LogP contribution in [0.15, 0.2) is 60.7 Å². The summed E-state index contributed by atoms with van der Waals surface area (Å²) in [6.07, 6.45) is 0.575. The molecule has 3 rings (SSSR count). The number of carbonyl (C=O) groups excluding carboxylic acids is 1. The van der Waals surface area contributed by atoms with Crippen LogP contribution in [0.4, 0.5) is 0 Å². The van der Waals surface area contributed by atoms with E-state index in [0.717, 1.165) is 22.3 Å². The summed E-state index contributed by atoms with van der Waals surface area (Å²) in [4.78, 5) is 12.5. The monoisotopic (exact) mass is 407 g/mol. The number of ketones is 1. The third kappa shape index (κ3) is 5.70. The summed E-state index contributed by atoms with van der Waals surface area (Å²) >= 11 is 0. The van der Waals surface area contributed by atoms with Crippen molar-refractivity contribution in [1.29, 1.82) is 0 Å². The molecule has 0 aliphatic rings. The van der Waals surface area contributed by atoms with Gasteiger partial charge in [-0.2, -0.15) is 0 Å². The lowest BCUT2D eigenvalue weighted by atomic mass is 9.87. The van der Waals surface area contributed by atoms with Crippen LogP contribution in [-0.2, 0) is 11.2 Å². The van der Waals surface area contributed by atoms with E-state index in [1.807, 2.05) is 32.9 Å². The van der Waals surface area contributed by atoms with E-state index >= 15 is 0 Å². The molecule has 0 amide bonds. The van der Waals surface area contributed by atoms with Crippen molar-refractivity contribution < 1.29 is 11.0 Å². The van der Waals surface area contributed by atoms with Crippen molar-refractivity contribution >= 4 is 16.6 Å². The fraction of sp³-hybridized carbons (Fsp3) is 0.370. The van der Waals surface area contributed by atoms with Gasteiger partial charge in [0.05, 0.1) is 13.2 Å². The highest BCUT2D eigenvalue weighted by Gasteiger charge is 2.23. The SMILES string of the molecule is CC.COc1ccc(-c2ccc3cc(CC(N)C(=O)C(C)C(C)C)ccc3c2)cc1.[HH]. The van der Waals surface area contributed by atoms with E-state index in [2.05, 4.69) is 62.4 Å². The van der Waals surface area contributed by atoms with Crippen molar-refractivity contribution in [2.24, 2.45) is 17.6 Å². The standard InChI is InChI=1S/C25H29NO2.C2H6.H2/c1-16(2)17(3)25(27)24(26)14-18-5-6-22-15-21(8-7-20(22)13-18)19-9-11-23(28-4)12-10-19;1-2;/h5-13,15-17,24H,14,26H2,1-4H3;1-2H3;1H. The Hall–Kier alpha value is -2.65. The maximum Gasteiger partial charge on any atom is 0.152 e. The zero-order valence-electron chi connectivity index (χ0n) is 19.1. The van der Waals surface area contributed by atoms with Crippen LogP contribution in [0.2, 0.25) is 0 Å². The molecular weight excluding hydrogens is 370 g/mol. The molecule has 2 unspecified atom stereocenters. The van der Waals surface area contributed by atoms with Gasteiger partial charge in [0.25, 0.3) is 0 Å². The third-order valence-electron chi connectivity index (χ3n) is 5.60. The molecule has 2 atom stereocenters. The Morgan fingerprint density at radius 1 is 0.900 bits per heavy atom. The van der Waals surface area contributed by atoms with Gasteiger partial charge < -0.3 is 10.5 Å². The van der Waals surface area contributed by atoms with Gasteiger partial charge in [-0.1, -0.05) is 77.1 Å². The topological polar surface area (TPSA) is 52.3 Å². The van der Waals surface area contributed by atoms with E-state index in [4.69, 9.17) is 10.5 Å². The number of methoxy groups -OCH3 is 1. The first-order valence-electron chi connectivity index (χ1n) is 10.9. The number of hydrogen-bond acceptors (Lipinski definition) is 3. The number of carbonyl (C=O) groups is 1. The van der Waals surface area contributed by atoms with Crippen LogP contribution < -0.4 is 10.5 Å². The van der Waals surface area contributed by atoms with E-state index in [9.17, 15) is 4.79 Å². The second-order valence-electron chi connectivity index (χ2n) is 7.87. The molecule has 30 heavy (non-hydrogen) atoms. The maximum atomic E-state index is 12.5. The normalized spacial score (nSPS) is 12.8. The molecule has 0 aliphatic heterocycles. The molecular formula is C27H37NO2. The van der Waals surface area contributed by atoms with Crippen LogP contribution >= 0.6 is 0 Å². The Morgan fingerprint density at radius 2 is 1.47 bits per heavy atom. The molecule has 0 heterocycles. The molecule has 3 aromatic rings. The van der Waals surface area contributed by atoms with Crippen LogP contribution in [-0.4, -0.2) is 18.9 Å². The molecule has 0 spiro atoms. The average Bonchev–Trinajstić information content (AvgIpc) is 2.79. The van der Waals surface area contributed by atoms with Crippen LogP contribution in [0.3, 0.4) is 0 Å². The van der Waals surface area contributed by atoms with Crippen molar-refractivity contribution in [3.05, 3.63) is 66.2 Å². The number of nitrogens with two attached hydrogens (primary N) is 1. The predicted octanol–water partition coefficient (Wildman–Crippen LogP) is 6.52. The number of hydrogen-bond donors (Lipinski definition) is 1. The Balaban J connectivity index is 0.00000156. The number of Topliss-reactive ketones (excluding diaryl/α,β-unsaturated/α-hetero) is 1. The van der Waals surface area contributed by atoms with Crippen molar-refractivity contribution in [2.45, 2.75) is 47.1 Å². The minimum absolute atomic E-state index is 0. The highest BCUT2D eigenvalue weighted by molar-refractivity contribution is 5.89. The fourth-order valence-electron chi connectivity index (χ4n) is 3.41. The molecule has 162 valence electrons. The van der Waals surface area contributed by atoms with E-state index in [1.165, 1.54) is 10.9 Å². The third-order valence-corrected chi connectivity index (χ3v) is 5.60. The van der Waals surface area contributed by atoms with E-state index in [-0.39, 0.29) is 13.1 Å². The molecule has 3 nitrogen and oxygen atoms in total. The number of ether oxygens (including phenoxy) is 1. The molecule has 0 aliphatic carbocycles. The van der Waals surface area contributed by atoms with Crippen LogP contribution in [0, 0.1) is 11.8 Å². The van der Waals surface area contributed by atoms with Gasteiger partial charge in [0.15, 0.2) is 5.78 Å². The molecule has 0 fully saturated rings. The smallest absolute Gasteiger partial charge is 0.152 e. The predicted molar refractivity (Wildman–Crippen MR) is 130 cm³/mol. The van der Waals surface area contributed by atoms with Crippen molar-refractivity contribution in [2.75, 3.05) is 7.11 Å². The first-order chi connectivity index (χ1) is 14.4. The van der Waals surface area contributed by atoms with Gasteiger partial charge in [-0.25, -0.2) is 0 Å². The summed E-state index contributed by atoms with van der Waals surface area (Å²) < 4.78 is 5.23. The lowest BCUT2D eigenvalue weighted by molar-refractivity contribution is -0.124. The minimum Gasteiger partial charge on any atom is -0.497 e. The van der Waals surface area contributed by atoms with Gasteiger partial charge in [-0.3, -0.25) is 4.79 Å². The summed E-state index contributed by atoms with van der Waals surface area (Å²) in [5.74, 6) is 1.30. The minimum atomic E-state index is -0.451. The van der Waals surface area contributed by atoms with Crippen molar-refractivity contribution in [3.63, 3.8) is 0 Å². The summed E-state index contributed by atoms with van der Waals surface area (Å²) in [5.41, 5.74) is 9.62. The van der Waals surface area contributed by atoms with Crippen molar-refractivity contribution in [3.8, 4) is 16.9 Å². The maximum absolute atomic E-state index is 12.5. The average molecular weight is 408 g/mol. The largest absolute Gasteiger partial charge is 0.497 e. The van der Waals surface area contributed by atoms with E-state index in [1.54, 1.807) is 7.11 Å². The quantitative estimate of drug-likeness (QED) is 0.485. The van der Waals surface area contributed by atoms with Crippen LogP contribution in [0.25, 0.3) is 21.9 Å². The van der Waals surface area contributed by atoms with Crippen molar-refractivity contribution in [1.82, 2.24) is 0 Å². The first-order valence-corrected chi connectivity index (χ1v) is 10.9. The first kappa shape index (κ1) is 23.6. The van der Waals surface area contributed by atoms with Gasteiger partial charge in [0.2, 0.25) is 0 Å². The molecule has 0 saturated carbocycles. The Kier molecular flexibility index (Phi) is 8.61. The number of fused-ring (bicyclic) bond motifs is 1. The lowest BCUT2D eigenvalue weighted by Crippen LogP contribution is -2.38. The number of benzene rings is 3. The van der Waals surface area contributed by atoms with Crippen LogP contribution in [0.1, 0.15) is 41.6 Å². The Bertz CT molecular complexity index is 967. The molecule has 0 radical (unpaired) electrons. The molecule has 0 aromatic heterocycles. The van der Waals surface area contributed by atoms with Crippen LogP contribution in [0.5, 0.6) is 5.75 Å². The van der Waals surface area contributed by atoms with Gasteiger partial charge >= 0.3 is 0 Å². The number of rotatable bonds is 7. The lowest BCUT2D eigenvalue weighted by Gasteiger charge is -2.19. The van der Waals surface area contributed by atoms with E-state index < -0.39 is 6.04 Å². The molecule has 3 heteroatoms. The second-order valence-corrected chi connectivity index (χ2v) is 7.87. The summed E-state index contributed by atoms with van der Waals surface area (Å²) in [6.45, 7) is 10.1. The zero-order valence-corrected chi connectivity index (χ0v) is 19.1. The van der Waals surface area contributed by atoms with Gasteiger partial charge in [0.1, 0.15) is 5.75 Å². The second kappa shape index (κ2) is 10.9. The molecule has 3 aromatic carbocycles. The van der Waals surface area contributed by atoms with Gasteiger partial charge in [0, 0.05) is 7.34 Å². The summed E-state index contributed by atoms with van der Waals surface area (Å²) in [5, 5.41) is 2.33.